The summed E-state index contributed by atoms with van der Waals surface area (Å²) in [7, 11) is 0. The van der Waals surface area contributed by atoms with Crippen molar-refractivity contribution in [1.82, 2.24) is 0 Å². The van der Waals surface area contributed by atoms with E-state index >= 15 is 0 Å². The van der Waals surface area contributed by atoms with Crippen LogP contribution in [0.3, 0.4) is 0 Å². The van der Waals surface area contributed by atoms with Crippen LogP contribution in [0.5, 0.6) is 0 Å². The maximum atomic E-state index is 12.8. The smallest absolute Gasteiger partial charge is 0.306 e. The number of carbonyl (C=O) groups excluding carboxylic acids is 3. The second kappa shape index (κ2) is 55.4. The molecule has 0 saturated carbocycles. The molecule has 0 aliphatic carbocycles. The lowest BCUT2D eigenvalue weighted by atomic mass is 10.1. The van der Waals surface area contributed by atoms with E-state index in [9.17, 15) is 14.4 Å². The van der Waals surface area contributed by atoms with Crippen LogP contribution < -0.4 is 0 Å². The highest BCUT2D eigenvalue weighted by atomic mass is 16.6. The predicted molar refractivity (Wildman–Crippen MR) is 293 cm³/mol. The molecule has 0 rings (SSSR count). The first-order chi connectivity index (χ1) is 33.5. The molecule has 0 radical (unpaired) electrons. The minimum absolute atomic E-state index is 0.0927. The Hall–Kier alpha value is -4.19. The second-order valence-electron chi connectivity index (χ2n) is 17.7. The molecule has 384 valence electrons. The van der Waals surface area contributed by atoms with Crippen LogP contribution in [0.15, 0.2) is 122 Å². The minimum Gasteiger partial charge on any atom is -0.462 e. The van der Waals surface area contributed by atoms with Crippen molar-refractivity contribution in [3.8, 4) is 0 Å². The van der Waals surface area contributed by atoms with E-state index in [1.807, 2.05) is 0 Å². The summed E-state index contributed by atoms with van der Waals surface area (Å²) < 4.78 is 16.7. The lowest BCUT2D eigenvalue weighted by molar-refractivity contribution is -0.167. The summed E-state index contributed by atoms with van der Waals surface area (Å²) in [5.74, 6) is -0.938. The molecule has 0 spiro atoms. The zero-order valence-corrected chi connectivity index (χ0v) is 43.8. The SMILES string of the molecule is CC/C=C\C/C=C\C/C=C\C/C=C\C/C=C\CCCCCCCCCC(=O)OCC(COC(=O)CCCCCCCC)OC(=O)CCCCCCC/C=C\C/C=C\C/C=C\C/C=C\C/C=C\CC. The van der Waals surface area contributed by atoms with E-state index in [-0.39, 0.29) is 31.1 Å². The van der Waals surface area contributed by atoms with Crippen molar-refractivity contribution in [2.75, 3.05) is 13.2 Å². The van der Waals surface area contributed by atoms with Crippen LogP contribution in [0, 0.1) is 0 Å². The summed E-state index contributed by atoms with van der Waals surface area (Å²) in [5.41, 5.74) is 0. The van der Waals surface area contributed by atoms with Gasteiger partial charge >= 0.3 is 17.9 Å². The van der Waals surface area contributed by atoms with Gasteiger partial charge in [-0.2, -0.15) is 0 Å². The van der Waals surface area contributed by atoms with Gasteiger partial charge in [-0.05, 0) is 109 Å². The fourth-order valence-corrected chi connectivity index (χ4v) is 7.14. The lowest BCUT2D eigenvalue weighted by Crippen LogP contribution is -2.30. The van der Waals surface area contributed by atoms with Gasteiger partial charge in [-0.25, -0.2) is 0 Å². The van der Waals surface area contributed by atoms with Crippen molar-refractivity contribution in [3.63, 3.8) is 0 Å². The van der Waals surface area contributed by atoms with Crippen LogP contribution in [0.2, 0.25) is 0 Å². The molecule has 68 heavy (non-hydrogen) atoms. The standard InChI is InChI=1S/C62H100O6/c1-4-7-10-13-16-18-20-22-24-26-28-30-31-33-34-36-38-40-42-44-46-49-52-55-61(64)67-58-59(57-66-60(63)54-51-48-15-12-9-6-3)68-62(65)56-53-50-47-45-43-41-39-37-35-32-29-27-25-23-21-19-17-14-11-8-5-2/h7-8,10-11,16-19,22-25,28-30,32-34,37,39,59H,4-6,9,12-15,20-21,26-27,31,35-36,38,40-58H2,1-3H3/b10-7-,11-8-,18-16-,19-17-,24-22-,25-23-,30-28-,32-29-,34-33-,39-37-. The molecule has 0 amide bonds. The third-order valence-electron chi connectivity index (χ3n) is 11.2. The van der Waals surface area contributed by atoms with E-state index in [4.69, 9.17) is 14.2 Å². The van der Waals surface area contributed by atoms with E-state index in [2.05, 4.69) is 142 Å². The third kappa shape index (κ3) is 52.8. The second-order valence-corrected chi connectivity index (χ2v) is 17.7. The maximum Gasteiger partial charge on any atom is 0.306 e. The Balaban J connectivity index is 4.27. The highest BCUT2D eigenvalue weighted by Crippen LogP contribution is 2.13. The van der Waals surface area contributed by atoms with Gasteiger partial charge in [0.05, 0.1) is 0 Å². The molecule has 0 N–H and O–H groups in total. The number of rotatable bonds is 48. The van der Waals surface area contributed by atoms with Gasteiger partial charge < -0.3 is 14.2 Å². The largest absolute Gasteiger partial charge is 0.462 e. The first-order valence-corrected chi connectivity index (χ1v) is 27.5. The van der Waals surface area contributed by atoms with Gasteiger partial charge in [0.25, 0.3) is 0 Å². The first-order valence-electron chi connectivity index (χ1n) is 27.5. The summed E-state index contributed by atoms with van der Waals surface area (Å²) >= 11 is 0. The summed E-state index contributed by atoms with van der Waals surface area (Å²) in [6.45, 7) is 6.31. The normalized spacial score (nSPS) is 13.0. The molecule has 0 aliphatic rings. The van der Waals surface area contributed by atoms with Gasteiger partial charge in [0, 0.05) is 19.3 Å². The summed E-state index contributed by atoms with van der Waals surface area (Å²) in [6, 6.07) is 0. The summed E-state index contributed by atoms with van der Waals surface area (Å²) in [6.07, 6.45) is 76.4. The molecule has 0 aliphatic heterocycles. The van der Waals surface area contributed by atoms with Crippen LogP contribution in [0.25, 0.3) is 0 Å². The van der Waals surface area contributed by atoms with E-state index in [1.54, 1.807) is 0 Å². The molecule has 6 heteroatoms. The number of hydrogen-bond acceptors (Lipinski definition) is 6. The van der Waals surface area contributed by atoms with E-state index < -0.39 is 6.10 Å². The van der Waals surface area contributed by atoms with Gasteiger partial charge in [-0.15, -0.1) is 0 Å². The highest BCUT2D eigenvalue weighted by Gasteiger charge is 2.19. The van der Waals surface area contributed by atoms with E-state index in [1.165, 1.54) is 44.9 Å². The molecular formula is C62H100O6. The molecule has 0 heterocycles. The van der Waals surface area contributed by atoms with Crippen molar-refractivity contribution in [3.05, 3.63) is 122 Å². The average Bonchev–Trinajstić information content (AvgIpc) is 3.34. The van der Waals surface area contributed by atoms with E-state index in [0.717, 1.165) is 148 Å². The molecule has 0 saturated heterocycles. The van der Waals surface area contributed by atoms with Crippen LogP contribution in [0.4, 0.5) is 0 Å². The monoisotopic (exact) mass is 941 g/mol. The molecule has 0 aromatic rings. The molecule has 6 nitrogen and oxygen atoms in total. The third-order valence-corrected chi connectivity index (χ3v) is 11.2. The number of allylic oxidation sites excluding steroid dienone is 20. The summed E-state index contributed by atoms with van der Waals surface area (Å²) in [4.78, 5) is 37.9. The fourth-order valence-electron chi connectivity index (χ4n) is 7.14. The quantitative estimate of drug-likeness (QED) is 0.0262. The number of esters is 3. The van der Waals surface area contributed by atoms with Crippen LogP contribution in [-0.4, -0.2) is 37.2 Å². The fraction of sp³-hybridized carbons (Fsp3) is 0.629. The Labute approximate surface area is 418 Å². The van der Waals surface area contributed by atoms with Crippen molar-refractivity contribution in [2.24, 2.45) is 0 Å². The topological polar surface area (TPSA) is 78.9 Å². The molecule has 0 fully saturated rings. The molecular weight excluding hydrogens is 841 g/mol. The Morgan fingerprint density at radius 2 is 0.574 bits per heavy atom. The van der Waals surface area contributed by atoms with Crippen LogP contribution in [0.1, 0.15) is 233 Å². The van der Waals surface area contributed by atoms with Gasteiger partial charge in [0.15, 0.2) is 6.10 Å². The Morgan fingerprint density at radius 1 is 0.309 bits per heavy atom. The molecule has 1 unspecified atom stereocenters. The van der Waals surface area contributed by atoms with Crippen molar-refractivity contribution >= 4 is 17.9 Å². The molecule has 0 bridgehead atoms. The minimum atomic E-state index is -0.793. The highest BCUT2D eigenvalue weighted by molar-refractivity contribution is 5.71. The van der Waals surface area contributed by atoms with Gasteiger partial charge in [-0.1, -0.05) is 226 Å². The molecule has 0 aromatic heterocycles. The predicted octanol–water partition coefficient (Wildman–Crippen LogP) is 18.5. The Bertz CT molecular complexity index is 1450. The summed E-state index contributed by atoms with van der Waals surface area (Å²) in [5, 5.41) is 0. The zero-order chi connectivity index (χ0) is 49.3. The van der Waals surface area contributed by atoms with Gasteiger partial charge in [-0.3, -0.25) is 14.4 Å². The molecule has 0 aromatic carbocycles. The average molecular weight is 941 g/mol. The van der Waals surface area contributed by atoms with Crippen molar-refractivity contribution in [1.29, 1.82) is 0 Å². The zero-order valence-electron chi connectivity index (χ0n) is 43.8. The van der Waals surface area contributed by atoms with Crippen molar-refractivity contribution in [2.45, 2.75) is 239 Å². The lowest BCUT2D eigenvalue weighted by Gasteiger charge is -2.18. The number of hydrogen-bond donors (Lipinski definition) is 0. The van der Waals surface area contributed by atoms with Crippen LogP contribution >= 0.6 is 0 Å². The van der Waals surface area contributed by atoms with E-state index in [0.29, 0.717) is 19.3 Å². The first kappa shape index (κ1) is 63.8. The number of unbranched alkanes of at least 4 members (excludes halogenated alkanes) is 17. The van der Waals surface area contributed by atoms with Gasteiger partial charge in [0.1, 0.15) is 13.2 Å². The number of ether oxygens (including phenoxy) is 3. The Kier molecular flexibility index (Phi) is 52.0. The number of carbonyl (C=O) groups is 3. The Morgan fingerprint density at radius 3 is 0.897 bits per heavy atom. The van der Waals surface area contributed by atoms with Crippen LogP contribution in [-0.2, 0) is 28.6 Å². The maximum absolute atomic E-state index is 12.8. The molecule has 1 atom stereocenters. The van der Waals surface area contributed by atoms with Gasteiger partial charge in [0.2, 0.25) is 0 Å². The van der Waals surface area contributed by atoms with Crippen molar-refractivity contribution < 1.29 is 28.6 Å².